The molecule has 0 aliphatic carbocycles. The van der Waals surface area contributed by atoms with E-state index in [-0.39, 0.29) is 11.1 Å². The molecule has 0 saturated carbocycles. The topological polar surface area (TPSA) is 40.2 Å². The zero-order chi connectivity index (χ0) is 19.1. The molecule has 0 aliphatic heterocycles. The Morgan fingerprint density at radius 2 is 1.62 bits per heavy atom. The molecule has 0 radical (unpaired) electrons. The van der Waals surface area contributed by atoms with E-state index >= 15 is 0 Å². The predicted molar refractivity (Wildman–Crippen MR) is 114 cm³/mol. The van der Waals surface area contributed by atoms with Gasteiger partial charge in [0.1, 0.15) is 5.75 Å². The molecule has 1 atom stereocenters. The minimum absolute atomic E-state index is 0.156. The molecule has 3 aromatic rings. The molecule has 3 nitrogen and oxygen atoms in total. The Hall–Kier alpha value is -2.04. The number of hydrogen-bond acceptors (Lipinski definition) is 2. The van der Waals surface area contributed by atoms with Crippen LogP contribution in [0.1, 0.15) is 37.9 Å². The summed E-state index contributed by atoms with van der Waals surface area (Å²) in [5.74, 6) is 0.852. The lowest BCUT2D eigenvalue weighted by Crippen LogP contribution is -2.44. The standard InChI is InChI=1S/C22H30N2OSi/c1-22(2,3)26(5,6)24-15-19(18-9-7-8-10-20(18)24)21(23)16-11-13-17(25-4)14-12-16/h7-15,21H,23H2,1-6H3. The van der Waals surface area contributed by atoms with Gasteiger partial charge in [-0.3, -0.25) is 0 Å². The summed E-state index contributed by atoms with van der Waals surface area (Å²) < 4.78 is 7.80. The fourth-order valence-corrected chi connectivity index (χ4v) is 5.25. The molecule has 1 unspecified atom stereocenters. The van der Waals surface area contributed by atoms with Crippen LogP contribution in [0.25, 0.3) is 10.9 Å². The molecule has 0 fully saturated rings. The highest BCUT2D eigenvalue weighted by molar-refractivity contribution is 6.79. The smallest absolute Gasteiger partial charge is 0.161 e. The molecule has 3 rings (SSSR count). The van der Waals surface area contributed by atoms with Crippen LogP contribution >= 0.6 is 0 Å². The van der Waals surface area contributed by atoms with Crippen LogP contribution in [0.15, 0.2) is 54.7 Å². The summed E-state index contributed by atoms with van der Waals surface area (Å²) in [6.07, 6.45) is 2.30. The van der Waals surface area contributed by atoms with E-state index in [1.807, 2.05) is 12.1 Å². The predicted octanol–water partition coefficient (Wildman–Crippen LogP) is 5.55. The van der Waals surface area contributed by atoms with Gasteiger partial charge in [0.25, 0.3) is 0 Å². The van der Waals surface area contributed by atoms with Crippen molar-refractivity contribution in [3.8, 4) is 5.75 Å². The number of methoxy groups -OCH3 is 1. The number of nitrogens with zero attached hydrogens (tertiary/aromatic N) is 1. The van der Waals surface area contributed by atoms with Gasteiger partial charge in [0.15, 0.2) is 8.24 Å². The molecule has 1 heterocycles. The van der Waals surface area contributed by atoms with Crippen molar-refractivity contribution in [3.63, 3.8) is 0 Å². The quantitative estimate of drug-likeness (QED) is 0.615. The van der Waals surface area contributed by atoms with Crippen molar-refractivity contribution >= 4 is 19.1 Å². The summed E-state index contributed by atoms with van der Waals surface area (Å²) >= 11 is 0. The molecule has 1 aromatic heterocycles. The Morgan fingerprint density at radius 1 is 1.00 bits per heavy atom. The van der Waals surface area contributed by atoms with E-state index in [1.54, 1.807) is 7.11 Å². The fraction of sp³-hybridized carbons (Fsp3) is 0.364. The Balaban J connectivity index is 2.15. The van der Waals surface area contributed by atoms with Crippen molar-refractivity contribution in [2.45, 2.75) is 44.9 Å². The highest BCUT2D eigenvalue weighted by atomic mass is 28.3. The van der Waals surface area contributed by atoms with Gasteiger partial charge in [-0.05, 0) is 34.4 Å². The summed E-state index contributed by atoms with van der Waals surface area (Å²) in [5, 5.41) is 1.50. The number of fused-ring (bicyclic) bond motifs is 1. The van der Waals surface area contributed by atoms with Crippen LogP contribution in [0, 0.1) is 0 Å². The lowest BCUT2D eigenvalue weighted by atomic mass is 9.99. The monoisotopic (exact) mass is 366 g/mol. The molecule has 0 spiro atoms. The van der Waals surface area contributed by atoms with Crippen LogP contribution in [0.5, 0.6) is 5.75 Å². The van der Waals surface area contributed by atoms with Crippen molar-refractivity contribution in [3.05, 3.63) is 65.9 Å². The first kappa shape index (κ1) is 18.7. The molecule has 0 bridgehead atoms. The highest BCUT2D eigenvalue weighted by Crippen LogP contribution is 2.41. The average molecular weight is 367 g/mol. The molecular weight excluding hydrogens is 336 g/mol. The second-order valence-corrected chi connectivity index (χ2v) is 13.6. The maximum absolute atomic E-state index is 6.70. The first-order chi connectivity index (χ1) is 12.2. The largest absolute Gasteiger partial charge is 0.497 e. The van der Waals surface area contributed by atoms with E-state index in [4.69, 9.17) is 10.5 Å². The first-order valence-corrected chi connectivity index (χ1v) is 12.1. The van der Waals surface area contributed by atoms with Crippen LogP contribution in [0.2, 0.25) is 18.1 Å². The molecule has 2 N–H and O–H groups in total. The van der Waals surface area contributed by atoms with E-state index in [9.17, 15) is 0 Å². The van der Waals surface area contributed by atoms with Crippen molar-refractivity contribution in [2.75, 3.05) is 7.11 Å². The zero-order valence-corrected chi connectivity index (χ0v) is 17.7. The Labute approximate surface area is 157 Å². The molecular formula is C22H30N2OSi. The van der Waals surface area contributed by atoms with Gasteiger partial charge < -0.3 is 14.7 Å². The number of aromatic nitrogens is 1. The summed E-state index contributed by atoms with van der Waals surface area (Å²) in [6.45, 7) is 11.9. The molecule has 0 amide bonds. The van der Waals surface area contributed by atoms with Crippen molar-refractivity contribution in [2.24, 2.45) is 5.73 Å². The molecule has 2 aromatic carbocycles. The summed E-state index contributed by atoms with van der Waals surface area (Å²) in [4.78, 5) is 0. The van der Waals surface area contributed by atoms with Crippen LogP contribution in [0.4, 0.5) is 0 Å². The number of benzene rings is 2. The third-order valence-corrected chi connectivity index (χ3v) is 11.2. The highest BCUT2D eigenvalue weighted by Gasteiger charge is 2.38. The summed E-state index contributed by atoms with van der Waals surface area (Å²) in [6, 6.07) is 16.5. The normalized spacial score (nSPS) is 13.8. The molecule has 4 heteroatoms. The van der Waals surface area contributed by atoms with Gasteiger partial charge in [0.2, 0.25) is 0 Å². The fourth-order valence-electron chi connectivity index (χ4n) is 3.27. The average Bonchev–Trinajstić information content (AvgIpc) is 3.00. The van der Waals surface area contributed by atoms with Crippen LogP contribution in [-0.2, 0) is 0 Å². The number of nitrogens with two attached hydrogens (primary N) is 1. The van der Waals surface area contributed by atoms with Crippen LogP contribution < -0.4 is 10.5 Å². The third kappa shape index (κ3) is 3.08. The van der Waals surface area contributed by atoms with Crippen LogP contribution in [0.3, 0.4) is 0 Å². The lowest BCUT2D eigenvalue weighted by Gasteiger charge is -2.38. The number of ether oxygens (including phenoxy) is 1. The van der Waals surface area contributed by atoms with Gasteiger partial charge in [-0.2, -0.15) is 0 Å². The van der Waals surface area contributed by atoms with Gasteiger partial charge in [0.05, 0.1) is 13.2 Å². The Morgan fingerprint density at radius 3 is 2.19 bits per heavy atom. The van der Waals surface area contributed by atoms with Gasteiger partial charge in [-0.25, -0.2) is 0 Å². The third-order valence-electron chi connectivity index (χ3n) is 5.99. The number of para-hydroxylation sites is 1. The molecule has 0 aliphatic rings. The Kier molecular flexibility index (Phi) is 4.76. The van der Waals surface area contributed by atoms with E-state index in [0.29, 0.717) is 0 Å². The minimum atomic E-state index is -1.75. The lowest BCUT2D eigenvalue weighted by molar-refractivity contribution is 0.414. The Bertz CT molecular complexity index is 904. The summed E-state index contributed by atoms with van der Waals surface area (Å²) in [5.41, 5.74) is 10.3. The maximum Gasteiger partial charge on any atom is 0.161 e. The zero-order valence-electron chi connectivity index (χ0n) is 16.7. The van der Waals surface area contributed by atoms with Crippen molar-refractivity contribution in [1.82, 2.24) is 4.23 Å². The molecule has 138 valence electrons. The summed E-state index contributed by atoms with van der Waals surface area (Å²) in [7, 11) is -0.0627. The number of hydrogen-bond donors (Lipinski definition) is 1. The first-order valence-electron chi connectivity index (χ1n) is 9.17. The molecule has 26 heavy (non-hydrogen) atoms. The second-order valence-electron chi connectivity index (χ2n) is 8.53. The van der Waals surface area contributed by atoms with Gasteiger partial charge in [0, 0.05) is 17.1 Å². The van der Waals surface area contributed by atoms with Crippen molar-refractivity contribution < 1.29 is 4.74 Å². The van der Waals surface area contributed by atoms with Gasteiger partial charge >= 0.3 is 0 Å². The molecule has 0 saturated heterocycles. The van der Waals surface area contributed by atoms with E-state index in [0.717, 1.165) is 11.3 Å². The number of rotatable bonds is 4. The second kappa shape index (κ2) is 6.60. The van der Waals surface area contributed by atoms with Crippen molar-refractivity contribution in [1.29, 1.82) is 0 Å². The van der Waals surface area contributed by atoms with E-state index < -0.39 is 8.24 Å². The van der Waals surface area contributed by atoms with E-state index in [1.165, 1.54) is 16.5 Å². The SMILES string of the molecule is COc1ccc(C(N)c2cn([Si](C)(C)C(C)(C)C)c3ccccc23)cc1. The van der Waals surface area contributed by atoms with Gasteiger partial charge in [-0.15, -0.1) is 0 Å². The minimum Gasteiger partial charge on any atom is -0.497 e. The van der Waals surface area contributed by atoms with Crippen LogP contribution in [-0.4, -0.2) is 19.6 Å². The van der Waals surface area contributed by atoms with Gasteiger partial charge in [-0.1, -0.05) is 64.2 Å². The maximum atomic E-state index is 6.70. The van der Waals surface area contributed by atoms with E-state index in [2.05, 4.69) is 80.7 Å².